The van der Waals surface area contributed by atoms with Gasteiger partial charge >= 0.3 is 5.97 Å². The van der Waals surface area contributed by atoms with Crippen molar-refractivity contribution >= 4 is 28.2 Å². The molecule has 31 heavy (non-hydrogen) atoms. The Morgan fingerprint density at radius 3 is 2.61 bits per heavy atom. The Balaban J connectivity index is 1.73. The van der Waals surface area contributed by atoms with Crippen molar-refractivity contribution in [3.8, 4) is 11.1 Å². The molecule has 164 valence electrons. The summed E-state index contributed by atoms with van der Waals surface area (Å²) in [7, 11) is 1.89. The van der Waals surface area contributed by atoms with Gasteiger partial charge in [0, 0.05) is 35.3 Å². The minimum Gasteiger partial charge on any atom is -0.462 e. The monoisotopic (exact) mass is 440 g/mol. The number of aryl methyl sites for hydroxylation is 1. The first-order chi connectivity index (χ1) is 14.9. The van der Waals surface area contributed by atoms with E-state index in [0.29, 0.717) is 17.1 Å². The second-order valence-electron chi connectivity index (χ2n) is 7.23. The quantitative estimate of drug-likeness (QED) is 0.505. The smallest absolute Gasteiger partial charge is 0.341 e. The highest BCUT2D eigenvalue weighted by molar-refractivity contribution is 7.15. The Bertz CT molecular complexity index is 1040. The predicted molar refractivity (Wildman–Crippen MR) is 123 cm³/mol. The number of rotatable bonds is 9. The van der Waals surface area contributed by atoms with Crippen LogP contribution in [-0.2, 0) is 22.6 Å². The van der Waals surface area contributed by atoms with Crippen LogP contribution in [0.3, 0.4) is 0 Å². The molecule has 3 aromatic rings. The van der Waals surface area contributed by atoms with Gasteiger partial charge in [-0.2, -0.15) is 5.10 Å². The van der Waals surface area contributed by atoms with Gasteiger partial charge in [-0.1, -0.05) is 30.3 Å². The first-order valence-corrected chi connectivity index (χ1v) is 11.2. The van der Waals surface area contributed by atoms with E-state index >= 15 is 0 Å². The fourth-order valence-electron chi connectivity index (χ4n) is 3.40. The van der Waals surface area contributed by atoms with E-state index in [1.165, 1.54) is 11.3 Å². The van der Waals surface area contributed by atoms with Gasteiger partial charge in [0.15, 0.2) is 0 Å². The standard InChI is InChI=1S/C23H28N4O3S/c1-5-27-16(3)18(12-24-27)13-26(4)14-20(28)25-22-21(23(29)30-6-2)19(15-31-22)17-10-8-7-9-11-17/h7-12,15H,5-6,13-14H2,1-4H3,(H,25,28). The van der Waals surface area contributed by atoms with Gasteiger partial charge in [0.05, 0.1) is 19.3 Å². The molecule has 7 nitrogen and oxygen atoms in total. The van der Waals surface area contributed by atoms with Gasteiger partial charge in [0.2, 0.25) is 5.91 Å². The molecule has 0 aliphatic rings. The van der Waals surface area contributed by atoms with Crippen molar-refractivity contribution < 1.29 is 14.3 Å². The zero-order valence-corrected chi connectivity index (χ0v) is 19.2. The Hall–Kier alpha value is -2.97. The van der Waals surface area contributed by atoms with Crippen LogP contribution in [0.4, 0.5) is 5.00 Å². The van der Waals surface area contributed by atoms with E-state index in [1.807, 2.05) is 72.4 Å². The Morgan fingerprint density at radius 2 is 1.97 bits per heavy atom. The van der Waals surface area contributed by atoms with Gasteiger partial charge in [-0.25, -0.2) is 4.79 Å². The molecule has 0 fully saturated rings. The third-order valence-corrected chi connectivity index (χ3v) is 5.86. The lowest BCUT2D eigenvalue weighted by Crippen LogP contribution is -2.30. The van der Waals surface area contributed by atoms with Crippen molar-refractivity contribution in [3.63, 3.8) is 0 Å². The molecule has 0 atom stereocenters. The molecule has 0 saturated heterocycles. The normalized spacial score (nSPS) is 11.0. The zero-order valence-electron chi connectivity index (χ0n) is 18.3. The van der Waals surface area contributed by atoms with Crippen molar-refractivity contribution in [2.45, 2.75) is 33.9 Å². The van der Waals surface area contributed by atoms with Crippen LogP contribution >= 0.6 is 11.3 Å². The Kier molecular flexibility index (Phi) is 7.59. The molecule has 1 amide bonds. The number of benzene rings is 1. The third kappa shape index (κ3) is 5.39. The van der Waals surface area contributed by atoms with Crippen LogP contribution in [0, 0.1) is 6.92 Å². The number of nitrogens with one attached hydrogen (secondary N) is 1. The van der Waals surface area contributed by atoms with Crippen molar-refractivity contribution in [1.82, 2.24) is 14.7 Å². The highest BCUT2D eigenvalue weighted by atomic mass is 32.1. The Morgan fingerprint density at radius 1 is 1.23 bits per heavy atom. The molecule has 0 saturated carbocycles. The average Bonchev–Trinajstić information content (AvgIpc) is 3.32. The van der Waals surface area contributed by atoms with E-state index in [0.717, 1.165) is 28.9 Å². The molecule has 0 spiro atoms. The molecule has 0 bridgehead atoms. The van der Waals surface area contributed by atoms with E-state index in [4.69, 9.17) is 4.74 Å². The van der Waals surface area contributed by atoms with Crippen molar-refractivity contribution in [1.29, 1.82) is 0 Å². The number of anilines is 1. The first-order valence-electron chi connectivity index (χ1n) is 10.3. The lowest BCUT2D eigenvalue weighted by Gasteiger charge is -2.16. The summed E-state index contributed by atoms with van der Waals surface area (Å²) >= 11 is 1.33. The number of ether oxygens (including phenoxy) is 1. The molecule has 8 heteroatoms. The number of carbonyl (C=O) groups is 2. The largest absolute Gasteiger partial charge is 0.462 e. The summed E-state index contributed by atoms with van der Waals surface area (Å²) in [5.74, 6) is -0.621. The highest BCUT2D eigenvalue weighted by Gasteiger charge is 2.23. The fraction of sp³-hybridized carbons (Fsp3) is 0.348. The number of hydrogen-bond acceptors (Lipinski definition) is 6. The predicted octanol–water partition coefficient (Wildman–Crippen LogP) is 4.19. The minimum atomic E-state index is -0.436. The van der Waals surface area contributed by atoms with Gasteiger partial charge in [-0.15, -0.1) is 11.3 Å². The van der Waals surface area contributed by atoms with Crippen LogP contribution in [0.5, 0.6) is 0 Å². The molecular formula is C23H28N4O3S. The summed E-state index contributed by atoms with van der Waals surface area (Å²) in [4.78, 5) is 27.3. The maximum atomic E-state index is 12.7. The minimum absolute atomic E-state index is 0.185. The topological polar surface area (TPSA) is 76.5 Å². The number of nitrogens with zero attached hydrogens (tertiary/aromatic N) is 3. The SMILES string of the molecule is CCOC(=O)c1c(-c2ccccc2)csc1NC(=O)CN(C)Cc1cnn(CC)c1C. The number of aromatic nitrogens is 2. The first kappa shape index (κ1) is 22.7. The number of carbonyl (C=O) groups excluding carboxylic acids is 2. The summed E-state index contributed by atoms with van der Waals surface area (Å²) in [5, 5.41) is 9.64. The number of hydrogen-bond donors (Lipinski definition) is 1. The second kappa shape index (κ2) is 10.4. The summed E-state index contributed by atoms with van der Waals surface area (Å²) in [6.45, 7) is 7.73. The third-order valence-electron chi connectivity index (χ3n) is 4.97. The maximum Gasteiger partial charge on any atom is 0.341 e. The molecule has 2 heterocycles. The number of amides is 1. The van der Waals surface area contributed by atoms with Crippen molar-refractivity contribution in [2.24, 2.45) is 0 Å². The molecule has 0 aliphatic heterocycles. The zero-order chi connectivity index (χ0) is 22.4. The molecule has 0 radical (unpaired) electrons. The van der Waals surface area contributed by atoms with Gasteiger partial charge in [-0.3, -0.25) is 14.4 Å². The molecule has 0 unspecified atom stereocenters. The number of esters is 1. The summed E-state index contributed by atoms with van der Waals surface area (Å²) in [6, 6.07) is 9.62. The van der Waals surface area contributed by atoms with Gasteiger partial charge in [0.25, 0.3) is 0 Å². The Labute approximate surface area is 186 Å². The van der Waals surface area contributed by atoms with Crippen LogP contribution in [0.2, 0.25) is 0 Å². The number of thiophene rings is 1. The van der Waals surface area contributed by atoms with Crippen LogP contribution in [-0.4, -0.2) is 46.8 Å². The van der Waals surface area contributed by atoms with Gasteiger partial charge < -0.3 is 10.1 Å². The van der Waals surface area contributed by atoms with E-state index in [-0.39, 0.29) is 19.1 Å². The van der Waals surface area contributed by atoms with Crippen LogP contribution in [0.15, 0.2) is 41.9 Å². The lowest BCUT2D eigenvalue weighted by atomic mass is 10.0. The maximum absolute atomic E-state index is 12.7. The second-order valence-corrected chi connectivity index (χ2v) is 8.11. The van der Waals surface area contributed by atoms with Crippen molar-refractivity contribution in [2.75, 3.05) is 25.5 Å². The fourth-order valence-corrected chi connectivity index (χ4v) is 4.38. The van der Waals surface area contributed by atoms with E-state index < -0.39 is 5.97 Å². The van der Waals surface area contributed by atoms with E-state index in [1.54, 1.807) is 6.92 Å². The van der Waals surface area contributed by atoms with Gasteiger partial charge in [-0.05, 0) is 33.4 Å². The van der Waals surface area contributed by atoms with Crippen LogP contribution in [0.1, 0.15) is 35.5 Å². The average molecular weight is 441 g/mol. The molecule has 1 N–H and O–H groups in total. The molecule has 0 aliphatic carbocycles. The molecular weight excluding hydrogens is 412 g/mol. The number of likely N-dealkylation sites (N-methyl/N-ethyl adjacent to an activating group) is 1. The van der Waals surface area contributed by atoms with Crippen molar-refractivity contribution in [3.05, 3.63) is 58.7 Å². The van der Waals surface area contributed by atoms with E-state index in [2.05, 4.69) is 10.4 Å². The van der Waals surface area contributed by atoms with E-state index in [9.17, 15) is 9.59 Å². The molecule has 3 rings (SSSR count). The molecule has 2 aromatic heterocycles. The summed E-state index contributed by atoms with van der Waals surface area (Å²) in [6.07, 6.45) is 1.84. The van der Waals surface area contributed by atoms with Crippen LogP contribution < -0.4 is 5.32 Å². The lowest BCUT2D eigenvalue weighted by molar-refractivity contribution is -0.117. The summed E-state index contributed by atoms with van der Waals surface area (Å²) in [5.41, 5.74) is 4.25. The molecule has 1 aromatic carbocycles. The van der Waals surface area contributed by atoms with Crippen LogP contribution in [0.25, 0.3) is 11.1 Å². The highest BCUT2D eigenvalue weighted by Crippen LogP contribution is 2.36. The van der Waals surface area contributed by atoms with Gasteiger partial charge in [0.1, 0.15) is 10.6 Å². The summed E-state index contributed by atoms with van der Waals surface area (Å²) < 4.78 is 7.19.